The number of oxime groups is 1. The number of carbonyl (C=O) groups excluding carboxylic acids is 1. The van der Waals surface area contributed by atoms with Crippen molar-refractivity contribution in [2.24, 2.45) is 5.16 Å². The van der Waals surface area contributed by atoms with Crippen molar-refractivity contribution in [2.75, 3.05) is 0 Å². The van der Waals surface area contributed by atoms with Crippen LogP contribution in [-0.2, 0) is 4.79 Å². The number of hydrogen-bond donors (Lipinski definition) is 1. The largest absolute Gasteiger partial charge is 0.479 e. The highest BCUT2D eigenvalue weighted by molar-refractivity contribution is 6.51. The maximum Gasteiger partial charge on any atom is 0.336 e. The van der Waals surface area contributed by atoms with Crippen LogP contribution in [0.4, 0.5) is 0 Å². The monoisotopic (exact) mass is 273 g/mol. The van der Waals surface area contributed by atoms with Crippen LogP contribution in [-0.4, -0.2) is 22.3 Å². The van der Waals surface area contributed by atoms with Gasteiger partial charge >= 0.3 is 5.63 Å². The van der Waals surface area contributed by atoms with E-state index >= 15 is 0 Å². The zero-order valence-corrected chi connectivity index (χ0v) is 10.8. The van der Waals surface area contributed by atoms with Crippen LogP contribution in [0.15, 0.2) is 38.6 Å². The van der Waals surface area contributed by atoms with Crippen molar-refractivity contribution < 1.29 is 19.2 Å². The molecule has 0 fully saturated rings. The molecule has 0 bridgehead atoms. The molecule has 1 aliphatic heterocycles. The molecule has 6 heteroatoms. The first-order valence-electron chi connectivity index (χ1n) is 5.97. The van der Waals surface area contributed by atoms with E-state index in [1.807, 2.05) is 0 Å². The smallest absolute Gasteiger partial charge is 0.336 e. The lowest BCUT2D eigenvalue weighted by atomic mass is 9.90. The molecule has 0 atom stereocenters. The molecule has 6 nitrogen and oxygen atoms in total. The van der Waals surface area contributed by atoms with Crippen molar-refractivity contribution in [2.45, 2.75) is 19.4 Å². The number of ether oxygens (including phenoxy) is 1. The minimum absolute atomic E-state index is 0.170. The quantitative estimate of drug-likeness (QED) is 0.448. The third-order valence-corrected chi connectivity index (χ3v) is 3.22. The van der Waals surface area contributed by atoms with Gasteiger partial charge in [0.25, 0.3) is 0 Å². The molecule has 0 amide bonds. The van der Waals surface area contributed by atoms with Gasteiger partial charge < -0.3 is 14.4 Å². The zero-order chi connectivity index (χ0) is 14.5. The Balaban J connectivity index is 2.43. The number of ketones is 1. The lowest BCUT2D eigenvalue weighted by Crippen LogP contribution is -2.47. The summed E-state index contributed by atoms with van der Waals surface area (Å²) in [6.07, 6.45) is 0. The summed E-state index contributed by atoms with van der Waals surface area (Å²) in [7, 11) is 0. The SMILES string of the molecule is CC1(C)Oc2ccc3ccc(=O)oc3c2C(=NO)C1=O. The van der Waals surface area contributed by atoms with Gasteiger partial charge in [-0.05, 0) is 32.0 Å². The van der Waals surface area contributed by atoms with E-state index in [-0.39, 0.29) is 16.9 Å². The van der Waals surface area contributed by atoms with Gasteiger partial charge in [-0.2, -0.15) is 0 Å². The summed E-state index contributed by atoms with van der Waals surface area (Å²) >= 11 is 0. The summed E-state index contributed by atoms with van der Waals surface area (Å²) in [4.78, 5) is 23.6. The summed E-state index contributed by atoms with van der Waals surface area (Å²) in [6.45, 7) is 3.16. The number of carbonyl (C=O) groups is 1. The summed E-state index contributed by atoms with van der Waals surface area (Å²) < 4.78 is 10.7. The Morgan fingerprint density at radius 3 is 2.55 bits per heavy atom. The van der Waals surface area contributed by atoms with Crippen LogP contribution < -0.4 is 10.4 Å². The van der Waals surface area contributed by atoms with Crippen molar-refractivity contribution in [1.82, 2.24) is 0 Å². The highest BCUT2D eigenvalue weighted by atomic mass is 16.5. The van der Waals surface area contributed by atoms with Crippen LogP contribution in [0.3, 0.4) is 0 Å². The minimum atomic E-state index is -1.14. The Labute approximate surface area is 113 Å². The van der Waals surface area contributed by atoms with E-state index in [9.17, 15) is 9.59 Å². The zero-order valence-electron chi connectivity index (χ0n) is 10.8. The van der Waals surface area contributed by atoms with Gasteiger partial charge in [0.1, 0.15) is 5.75 Å². The summed E-state index contributed by atoms with van der Waals surface area (Å²) in [5.41, 5.74) is -1.49. The average Bonchev–Trinajstić information content (AvgIpc) is 2.40. The van der Waals surface area contributed by atoms with Crippen molar-refractivity contribution in [3.05, 3.63) is 40.2 Å². The number of nitrogens with zero attached hydrogens (tertiary/aromatic N) is 1. The minimum Gasteiger partial charge on any atom is -0.479 e. The van der Waals surface area contributed by atoms with Gasteiger partial charge in [-0.3, -0.25) is 4.79 Å². The van der Waals surface area contributed by atoms with Gasteiger partial charge in [0.15, 0.2) is 16.9 Å². The van der Waals surface area contributed by atoms with Crippen LogP contribution >= 0.6 is 0 Å². The fourth-order valence-electron chi connectivity index (χ4n) is 2.24. The Hall–Kier alpha value is -2.63. The molecule has 102 valence electrons. The van der Waals surface area contributed by atoms with Gasteiger partial charge in [-0.1, -0.05) is 5.16 Å². The number of rotatable bonds is 0. The van der Waals surface area contributed by atoms with Crippen molar-refractivity contribution in [3.8, 4) is 5.75 Å². The standard InChI is InChI=1S/C14H11NO5/c1-14(2)13(17)11(15-18)10-8(20-14)5-3-7-4-6-9(16)19-12(7)10/h3-6,18H,1-2H3. The van der Waals surface area contributed by atoms with Crippen LogP contribution in [0.5, 0.6) is 5.75 Å². The molecule has 0 saturated carbocycles. The third-order valence-electron chi connectivity index (χ3n) is 3.22. The second kappa shape index (κ2) is 3.93. The van der Waals surface area contributed by atoms with Gasteiger partial charge in [0.05, 0.1) is 5.56 Å². The molecule has 3 rings (SSSR count). The van der Waals surface area contributed by atoms with Gasteiger partial charge in [0.2, 0.25) is 5.78 Å². The van der Waals surface area contributed by atoms with Gasteiger partial charge in [-0.15, -0.1) is 0 Å². The summed E-state index contributed by atoms with van der Waals surface area (Å²) in [5.74, 6) is -0.143. The number of fused-ring (bicyclic) bond motifs is 3. The molecule has 0 aliphatic carbocycles. The number of Topliss-reactive ketones (excluding diaryl/α,β-unsaturated/α-hetero) is 1. The molecule has 2 aromatic rings. The second-order valence-corrected chi connectivity index (χ2v) is 5.00. The lowest BCUT2D eigenvalue weighted by molar-refractivity contribution is -0.125. The average molecular weight is 273 g/mol. The Bertz CT molecular complexity index is 816. The van der Waals surface area contributed by atoms with E-state index < -0.39 is 17.0 Å². The second-order valence-electron chi connectivity index (χ2n) is 5.00. The van der Waals surface area contributed by atoms with E-state index in [2.05, 4.69) is 5.16 Å². The Kier molecular flexibility index (Phi) is 2.44. The van der Waals surface area contributed by atoms with Crippen molar-refractivity contribution >= 4 is 22.5 Å². The molecule has 0 spiro atoms. The molecular weight excluding hydrogens is 262 g/mol. The molecule has 1 aliphatic rings. The van der Waals surface area contributed by atoms with Gasteiger partial charge in [-0.25, -0.2) is 4.79 Å². The van der Waals surface area contributed by atoms with Gasteiger partial charge in [0, 0.05) is 11.5 Å². The first-order chi connectivity index (χ1) is 9.44. The van der Waals surface area contributed by atoms with Crippen LogP contribution in [0.25, 0.3) is 11.0 Å². The fourth-order valence-corrected chi connectivity index (χ4v) is 2.24. The molecule has 1 N–H and O–H groups in total. The van der Waals surface area contributed by atoms with E-state index in [0.29, 0.717) is 11.1 Å². The lowest BCUT2D eigenvalue weighted by Gasteiger charge is -2.31. The number of benzene rings is 1. The van der Waals surface area contributed by atoms with Crippen LogP contribution in [0, 0.1) is 0 Å². The maximum atomic E-state index is 12.2. The Morgan fingerprint density at radius 2 is 1.85 bits per heavy atom. The van der Waals surface area contributed by atoms with E-state index in [4.69, 9.17) is 14.4 Å². The fraction of sp³-hybridized carbons (Fsp3) is 0.214. The summed E-state index contributed by atoms with van der Waals surface area (Å²) in [6, 6.07) is 6.20. The van der Waals surface area contributed by atoms with Crippen molar-refractivity contribution in [3.63, 3.8) is 0 Å². The van der Waals surface area contributed by atoms with Crippen LogP contribution in [0.2, 0.25) is 0 Å². The summed E-state index contributed by atoms with van der Waals surface area (Å²) in [5, 5.41) is 12.8. The molecule has 2 heterocycles. The van der Waals surface area contributed by atoms with E-state index in [1.54, 1.807) is 32.0 Å². The molecule has 0 radical (unpaired) electrons. The topological polar surface area (TPSA) is 89.1 Å². The first kappa shape index (κ1) is 12.4. The third kappa shape index (κ3) is 1.61. The highest BCUT2D eigenvalue weighted by Crippen LogP contribution is 2.35. The van der Waals surface area contributed by atoms with E-state index in [1.165, 1.54) is 6.07 Å². The molecule has 0 unspecified atom stereocenters. The molecule has 20 heavy (non-hydrogen) atoms. The highest BCUT2D eigenvalue weighted by Gasteiger charge is 2.42. The molecule has 1 aromatic carbocycles. The first-order valence-corrected chi connectivity index (χ1v) is 5.97. The normalized spacial score (nSPS) is 18.9. The Morgan fingerprint density at radius 1 is 1.15 bits per heavy atom. The van der Waals surface area contributed by atoms with E-state index in [0.717, 1.165) is 0 Å². The predicted molar refractivity (Wildman–Crippen MR) is 70.5 cm³/mol. The molecular formula is C14H11NO5. The van der Waals surface area contributed by atoms with Crippen molar-refractivity contribution in [1.29, 1.82) is 0 Å². The van der Waals surface area contributed by atoms with Crippen LogP contribution in [0.1, 0.15) is 19.4 Å². The molecule has 1 aromatic heterocycles. The maximum absolute atomic E-state index is 12.2. The number of hydrogen-bond acceptors (Lipinski definition) is 6. The predicted octanol–water partition coefficient (Wildman–Crippen LogP) is 1.71. The molecule has 0 saturated heterocycles.